The maximum absolute atomic E-state index is 12.5. The standard InChI is InChI=1S/C16H14F3N/c17-16(18,19)13-8-5-12(6-9-13)15-10-7-11-3-1-2-4-14(11)20-15/h1-6,8-9,15,20H,7,10H2/t15-/m1/s1. The van der Waals surface area contributed by atoms with E-state index in [1.165, 1.54) is 5.56 Å². The lowest BCUT2D eigenvalue weighted by Gasteiger charge is -2.27. The summed E-state index contributed by atoms with van der Waals surface area (Å²) in [5, 5.41) is 3.39. The van der Waals surface area contributed by atoms with E-state index in [9.17, 15) is 13.2 Å². The second kappa shape index (κ2) is 4.85. The van der Waals surface area contributed by atoms with Gasteiger partial charge in [0.15, 0.2) is 0 Å². The number of hydrogen-bond acceptors (Lipinski definition) is 1. The zero-order chi connectivity index (χ0) is 14.2. The Morgan fingerprint density at radius 1 is 0.950 bits per heavy atom. The van der Waals surface area contributed by atoms with E-state index in [0.717, 1.165) is 36.2 Å². The average molecular weight is 277 g/mol. The Kier molecular flexibility index (Phi) is 3.16. The number of rotatable bonds is 1. The highest BCUT2D eigenvalue weighted by Crippen LogP contribution is 2.34. The minimum atomic E-state index is -4.27. The number of aryl methyl sites for hydroxylation is 1. The van der Waals surface area contributed by atoms with Crippen LogP contribution in [0.15, 0.2) is 48.5 Å². The minimum absolute atomic E-state index is 0.0761. The van der Waals surface area contributed by atoms with Crippen molar-refractivity contribution in [3.8, 4) is 0 Å². The van der Waals surface area contributed by atoms with Crippen LogP contribution in [0.5, 0.6) is 0 Å². The van der Waals surface area contributed by atoms with E-state index in [1.54, 1.807) is 12.1 Å². The van der Waals surface area contributed by atoms with Crippen LogP contribution in [0, 0.1) is 0 Å². The van der Waals surface area contributed by atoms with E-state index in [1.807, 2.05) is 18.2 Å². The molecule has 0 saturated heterocycles. The highest BCUT2D eigenvalue weighted by Gasteiger charge is 2.30. The van der Waals surface area contributed by atoms with Crippen molar-refractivity contribution in [1.29, 1.82) is 0 Å². The number of nitrogens with one attached hydrogen (secondary N) is 1. The monoisotopic (exact) mass is 277 g/mol. The molecule has 3 rings (SSSR count). The van der Waals surface area contributed by atoms with E-state index >= 15 is 0 Å². The lowest BCUT2D eigenvalue weighted by molar-refractivity contribution is -0.137. The highest BCUT2D eigenvalue weighted by atomic mass is 19.4. The van der Waals surface area contributed by atoms with Gasteiger partial charge in [-0.05, 0) is 42.2 Å². The predicted molar refractivity (Wildman–Crippen MR) is 72.6 cm³/mol. The van der Waals surface area contributed by atoms with Crippen molar-refractivity contribution in [1.82, 2.24) is 0 Å². The predicted octanol–water partition coefficient (Wildman–Crippen LogP) is 4.80. The topological polar surface area (TPSA) is 12.0 Å². The summed E-state index contributed by atoms with van der Waals surface area (Å²) in [4.78, 5) is 0. The largest absolute Gasteiger partial charge is 0.416 e. The lowest BCUT2D eigenvalue weighted by Crippen LogP contribution is -2.18. The average Bonchev–Trinajstić information content (AvgIpc) is 2.46. The fourth-order valence-electron chi connectivity index (χ4n) is 2.59. The Labute approximate surface area is 115 Å². The van der Waals surface area contributed by atoms with E-state index < -0.39 is 11.7 Å². The Hall–Kier alpha value is -1.97. The number of hydrogen-bond donors (Lipinski definition) is 1. The normalized spacial score (nSPS) is 18.2. The second-order valence-corrected chi connectivity index (χ2v) is 5.01. The van der Waals surface area contributed by atoms with Crippen molar-refractivity contribution >= 4 is 5.69 Å². The lowest BCUT2D eigenvalue weighted by atomic mass is 9.93. The van der Waals surface area contributed by atoms with Crippen LogP contribution in [0.4, 0.5) is 18.9 Å². The smallest absolute Gasteiger partial charge is 0.378 e. The Balaban J connectivity index is 1.81. The van der Waals surface area contributed by atoms with Gasteiger partial charge in [-0.2, -0.15) is 13.2 Å². The van der Waals surface area contributed by atoms with E-state index in [0.29, 0.717) is 0 Å². The van der Waals surface area contributed by atoms with E-state index in [4.69, 9.17) is 0 Å². The third-order valence-corrected chi connectivity index (χ3v) is 3.69. The maximum atomic E-state index is 12.5. The van der Waals surface area contributed by atoms with Crippen molar-refractivity contribution in [2.75, 3.05) is 5.32 Å². The van der Waals surface area contributed by atoms with Crippen molar-refractivity contribution in [2.45, 2.75) is 25.1 Å². The summed E-state index contributed by atoms with van der Waals surface area (Å²) in [6, 6.07) is 13.5. The van der Waals surface area contributed by atoms with Gasteiger partial charge in [0.25, 0.3) is 0 Å². The van der Waals surface area contributed by atoms with E-state index in [2.05, 4.69) is 11.4 Å². The van der Waals surface area contributed by atoms with Crippen LogP contribution in [0.1, 0.15) is 29.2 Å². The van der Waals surface area contributed by atoms with Gasteiger partial charge in [-0.15, -0.1) is 0 Å². The summed E-state index contributed by atoms with van der Waals surface area (Å²) in [6.07, 6.45) is -2.44. The molecule has 0 fully saturated rings. The van der Waals surface area contributed by atoms with Crippen LogP contribution in [-0.2, 0) is 12.6 Å². The molecule has 2 aromatic carbocycles. The van der Waals surface area contributed by atoms with Crippen LogP contribution < -0.4 is 5.32 Å². The van der Waals surface area contributed by atoms with Gasteiger partial charge in [-0.3, -0.25) is 0 Å². The van der Waals surface area contributed by atoms with Crippen LogP contribution in [0.2, 0.25) is 0 Å². The van der Waals surface area contributed by atoms with Gasteiger partial charge in [-0.1, -0.05) is 30.3 Å². The quantitative estimate of drug-likeness (QED) is 0.789. The first-order chi connectivity index (χ1) is 9.54. The van der Waals surface area contributed by atoms with Crippen LogP contribution in [-0.4, -0.2) is 0 Å². The van der Waals surface area contributed by atoms with Crippen molar-refractivity contribution in [3.05, 3.63) is 65.2 Å². The number of benzene rings is 2. The van der Waals surface area contributed by atoms with E-state index in [-0.39, 0.29) is 6.04 Å². The van der Waals surface area contributed by atoms with Gasteiger partial charge >= 0.3 is 6.18 Å². The molecule has 1 heterocycles. The van der Waals surface area contributed by atoms with Gasteiger partial charge < -0.3 is 5.32 Å². The molecule has 4 heteroatoms. The molecule has 2 aromatic rings. The third-order valence-electron chi connectivity index (χ3n) is 3.69. The molecule has 1 aliphatic heterocycles. The summed E-state index contributed by atoms with van der Waals surface area (Å²) in [6.45, 7) is 0. The zero-order valence-corrected chi connectivity index (χ0v) is 10.7. The molecule has 1 atom stereocenters. The molecule has 0 bridgehead atoms. The molecule has 1 nitrogen and oxygen atoms in total. The number of fused-ring (bicyclic) bond motifs is 1. The minimum Gasteiger partial charge on any atom is -0.378 e. The maximum Gasteiger partial charge on any atom is 0.416 e. The van der Waals surface area contributed by atoms with Crippen LogP contribution in [0.3, 0.4) is 0 Å². The van der Waals surface area contributed by atoms with Gasteiger partial charge in [0.1, 0.15) is 0 Å². The summed E-state index contributed by atoms with van der Waals surface area (Å²) in [5.74, 6) is 0. The Morgan fingerprint density at radius 3 is 2.35 bits per heavy atom. The number of para-hydroxylation sites is 1. The molecular formula is C16H14F3N. The summed E-state index contributed by atoms with van der Waals surface area (Å²) >= 11 is 0. The molecule has 0 saturated carbocycles. The molecule has 0 amide bonds. The zero-order valence-electron chi connectivity index (χ0n) is 10.7. The molecule has 0 radical (unpaired) electrons. The van der Waals surface area contributed by atoms with Crippen molar-refractivity contribution in [2.24, 2.45) is 0 Å². The van der Waals surface area contributed by atoms with Gasteiger partial charge in [0, 0.05) is 5.69 Å². The molecule has 1 N–H and O–H groups in total. The molecule has 1 aliphatic rings. The SMILES string of the molecule is FC(F)(F)c1ccc([C@H]2CCc3ccccc3N2)cc1. The first-order valence-electron chi connectivity index (χ1n) is 6.55. The first kappa shape index (κ1) is 13.0. The van der Waals surface area contributed by atoms with Crippen LogP contribution in [0.25, 0.3) is 0 Å². The van der Waals surface area contributed by atoms with Gasteiger partial charge in [0.05, 0.1) is 11.6 Å². The Morgan fingerprint density at radius 2 is 1.65 bits per heavy atom. The molecule has 0 spiro atoms. The Bertz CT molecular complexity index is 602. The highest BCUT2D eigenvalue weighted by molar-refractivity contribution is 5.54. The molecule has 0 unspecified atom stereocenters. The summed E-state index contributed by atoms with van der Waals surface area (Å²) in [5.41, 5.74) is 2.63. The fraction of sp³-hybridized carbons (Fsp3) is 0.250. The molecule has 20 heavy (non-hydrogen) atoms. The summed E-state index contributed by atoms with van der Waals surface area (Å²) in [7, 11) is 0. The van der Waals surface area contributed by atoms with Crippen molar-refractivity contribution in [3.63, 3.8) is 0 Å². The van der Waals surface area contributed by atoms with Crippen LogP contribution >= 0.6 is 0 Å². The number of halogens is 3. The molecule has 0 aromatic heterocycles. The number of anilines is 1. The fourth-order valence-corrected chi connectivity index (χ4v) is 2.59. The van der Waals surface area contributed by atoms with Gasteiger partial charge in [0.2, 0.25) is 0 Å². The number of alkyl halides is 3. The van der Waals surface area contributed by atoms with Gasteiger partial charge in [-0.25, -0.2) is 0 Å². The molecular weight excluding hydrogens is 263 g/mol. The molecule has 104 valence electrons. The second-order valence-electron chi connectivity index (χ2n) is 5.01. The molecule has 0 aliphatic carbocycles. The van der Waals surface area contributed by atoms with Crippen molar-refractivity contribution < 1.29 is 13.2 Å². The third kappa shape index (κ3) is 2.50. The first-order valence-corrected chi connectivity index (χ1v) is 6.55. The summed E-state index contributed by atoms with van der Waals surface area (Å²) < 4.78 is 37.6.